The molecule has 1 fully saturated rings. The fourth-order valence-electron chi connectivity index (χ4n) is 1.76. The number of hydrogen-bond donors (Lipinski definition) is 2. The number of esters is 1. The predicted octanol–water partition coefficient (Wildman–Crippen LogP) is 0.00170. The molecule has 1 aromatic heterocycles. The van der Waals surface area contributed by atoms with Gasteiger partial charge in [0.25, 0.3) is 0 Å². The van der Waals surface area contributed by atoms with Crippen LogP contribution in [0, 0.1) is 0 Å². The van der Waals surface area contributed by atoms with Crippen molar-refractivity contribution in [2.45, 2.75) is 31.4 Å². The summed E-state index contributed by atoms with van der Waals surface area (Å²) in [5, 5.41) is 0. The van der Waals surface area contributed by atoms with Gasteiger partial charge >= 0.3 is 5.97 Å². The first-order valence-corrected chi connectivity index (χ1v) is 5.77. The van der Waals surface area contributed by atoms with Gasteiger partial charge in [-0.2, -0.15) is 0 Å². The van der Waals surface area contributed by atoms with Crippen LogP contribution in [0.25, 0.3) is 0 Å². The lowest BCUT2D eigenvalue weighted by Gasteiger charge is -2.23. The molecule has 6 heteroatoms. The summed E-state index contributed by atoms with van der Waals surface area (Å²) in [6.45, 7) is 1.29. The van der Waals surface area contributed by atoms with Crippen LogP contribution in [0.1, 0.15) is 18.5 Å². The van der Waals surface area contributed by atoms with Gasteiger partial charge in [-0.1, -0.05) is 0 Å². The first-order chi connectivity index (χ1) is 8.25. The largest absolute Gasteiger partial charge is 0.461 e. The molecule has 3 N–H and O–H groups in total. The van der Waals surface area contributed by atoms with Crippen LogP contribution in [0.15, 0.2) is 12.5 Å². The van der Waals surface area contributed by atoms with Crippen LogP contribution >= 0.6 is 0 Å². The van der Waals surface area contributed by atoms with Crippen LogP contribution in [0.2, 0.25) is 0 Å². The molecule has 1 unspecified atom stereocenters. The third-order valence-electron chi connectivity index (χ3n) is 2.75. The number of H-pyrrole nitrogens is 1. The van der Waals surface area contributed by atoms with Crippen LogP contribution in [-0.2, 0) is 20.7 Å². The molecule has 0 radical (unpaired) electrons. The van der Waals surface area contributed by atoms with Gasteiger partial charge in [0.05, 0.1) is 19.5 Å². The molecule has 2 heterocycles. The van der Waals surface area contributed by atoms with Crippen LogP contribution in [0.5, 0.6) is 0 Å². The van der Waals surface area contributed by atoms with E-state index in [1.165, 1.54) is 0 Å². The SMILES string of the molecule is NC(Cc1cnc[nH]1)C(=O)OC1CCOCC1. The summed E-state index contributed by atoms with van der Waals surface area (Å²) in [6, 6.07) is -0.640. The lowest BCUT2D eigenvalue weighted by atomic mass is 10.1. The summed E-state index contributed by atoms with van der Waals surface area (Å²) in [7, 11) is 0. The monoisotopic (exact) mass is 239 g/mol. The second-order valence-corrected chi connectivity index (χ2v) is 4.14. The molecule has 1 aromatic rings. The Bertz CT molecular complexity index is 347. The maximum Gasteiger partial charge on any atom is 0.323 e. The Morgan fingerprint density at radius 2 is 2.41 bits per heavy atom. The molecule has 0 spiro atoms. The van der Waals surface area contributed by atoms with E-state index in [9.17, 15) is 4.79 Å². The predicted molar refractivity (Wildman–Crippen MR) is 60.2 cm³/mol. The number of imidazole rings is 1. The van der Waals surface area contributed by atoms with Crippen LogP contribution < -0.4 is 5.73 Å². The van der Waals surface area contributed by atoms with Crippen molar-refractivity contribution in [1.29, 1.82) is 0 Å². The standard InChI is InChI=1S/C11H17N3O3/c12-10(5-8-6-13-7-14-8)11(15)17-9-1-3-16-4-2-9/h6-7,9-10H,1-5,12H2,(H,13,14). The zero-order valence-electron chi connectivity index (χ0n) is 9.59. The molecule has 0 aliphatic carbocycles. The van der Waals surface area contributed by atoms with Gasteiger partial charge in [-0.3, -0.25) is 4.79 Å². The molecule has 0 aromatic carbocycles. The van der Waals surface area contributed by atoms with Crippen molar-refractivity contribution in [3.05, 3.63) is 18.2 Å². The van der Waals surface area contributed by atoms with Gasteiger partial charge in [0.1, 0.15) is 12.1 Å². The molecule has 17 heavy (non-hydrogen) atoms. The zero-order chi connectivity index (χ0) is 12.1. The molecule has 94 valence electrons. The van der Waals surface area contributed by atoms with E-state index >= 15 is 0 Å². The highest BCUT2D eigenvalue weighted by atomic mass is 16.6. The average Bonchev–Trinajstić information content (AvgIpc) is 2.83. The number of carbonyl (C=O) groups excluding carboxylic acids is 1. The van der Waals surface area contributed by atoms with Gasteiger partial charge in [-0.25, -0.2) is 4.98 Å². The van der Waals surface area contributed by atoms with Gasteiger partial charge in [0, 0.05) is 31.2 Å². The summed E-state index contributed by atoms with van der Waals surface area (Å²) in [5.74, 6) is -0.355. The van der Waals surface area contributed by atoms with Gasteiger partial charge in [-0.05, 0) is 0 Å². The first kappa shape index (κ1) is 12.1. The molecule has 1 saturated heterocycles. The molecule has 1 atom stereocenters. The first-order valence-electron chi connectivity index (χ1n) is 5.77. The number of ether oxygens (including phenoxy) is 2. The van der Waals surface area contributed by atoms with E-state index < -0.39 is 6.04 Å². The van der Waals surface area contributed by atoms with Crippen molar-refractivity contribution in [3.8, 4) is 0 Å². The highest BCUT2D eigenvalue weighted by Crippen LogP contribution is 2.11. The number of nitrogens with zero attached hydrogens (tertiary/aromatic N) is 1. The maximum atomic E-state index is 11.7. The summed E-state index contributed by atoms with van der Waals surface area (Å²) in [6.07, 6.45) is 5.09. The van der Waals surface area contributed by atoms with Gasteiger partial charge in [0.2, 0.25) is 0 Å². The van der Waals surface area contributed by atoms with Gasteiger partial charge < -0.3 is 20.2 Å². The maximum absolute atomic E-state index is 11.7. The van der Waals surface area contributed by atoms with Crippen LogP contribution in [0.3, 0.4) is 0 Å². The van der Waals surface area contributed by atoms with Crippen LogP contribution in [-0.4, -0.2) is 41.3 Å². The average molecular weight is 239 g/mol. The Morgan fingerprint density at radius 1 is 1.65 bits per heavy atom. The van der Waals surface area contributed by atoms with Crippen molar-refractivity contribution in [2.24, 2.45) is 5.73 Å². The van der Waals surface area contributed by atoms with E-state index in [0.717, 1.165) is 18.5 Å². The highest BCUT2D eigenvalue weighted by Gasteiger charge is 2.22. The van der Waals surface area contributed by atoms with Crippen molar-refractivity contribution >= 4 is 5.97 Å². The normalized spacial score (nSPS) is 18.9. The molecular formula is C11H17N3O3. The van der Waals surface area contributed by atoms with Crippen molar-refractivity contribution in [2.75, 3.05) is 13.2 Å². The molecular weight excluding hydrogens is 222 g/mol. The number of aromatic amines is 1. The van der Waals surface area contributed by atoms with E-state index in [1.54, 1.807) is 12.5 Å². The molecule has 0 bridgehead atoms. The topological polar surface area (TPSA) is 90.2 Å². The molecule has 1 aliphatic heterocycles. The zero-order valence-corrected chi connectivity index (χ0v) is 9.59. The Labute approximate surface area is 99.5 Å². The Balaban J connectivity index is 1.78. The molecule has 2 rings (SSSR count). The van der Waals surface area contributed by atoms with E-state index in [0.29, 0.717) is 19.6 Å². The van der Waals surface area contributed by atoms with Crippen LogP contribution in [0.4, 0.5) is 0 Å². The van der Waals surface area contributed by atoms with E-state index in [4.69, 9.17) is 15.2 Å². The second-order valence-electron chi connectivity index (χ2n) is 4.14. The fraction of sp³-hybridized carbons (Fsp3) is 0.636. The summed E-state index contributed by atoms with van der Waals surface area (Å²) >= 11 is 0. The molecule has 1 aliphatic rings. The number of hydrogen-bond acceptors (Lipinski definition) is 5. The number of nitrogens with two attached hydrogens (primary N) is 1. The summed E-state index contributed by atoms with van der Waals surface area (Å²) < 4.78 is 10.5. The summed E-state index contributed by atoms with van der Waals surface area (Å²) in [5.41, 5.74) is 6.61. The minimum Gasteiger partial charge on any atom is -0.461 e. The summed E-state index contributed by atoms with van der Waals surface area (Å²) in [4.78, 5) is 18.5. The van der Waals surface area contributed by atoms with Gasteiger partial charge in [-0.15, -0.1) is 0 Å². The van der Waals surface area contributed by atoms with E-state index in [1.807, 2.05) is 0 Å². The smallest absolute Gasteiger partial charge is 0.323 e. The number of rotatable bonds is 4. The minimum absolute atomic E-state index is 0.0518. The quantitative estimate of drug-likeness (QED) is 0.722. The third kappa shape index (κ3) is 3.54. The van der Waals surface area contributed by atoms with E-state index in [-0.39, 0.29) is 12.1 Å². The third-order valence-corrected chi connectivity index (χ3v) is 2.75. The fourth-order valence-corrected chi connectivity index (χ4v) is 1.76. The number of aromatic nitrogens is 2. The van der Waals surface area contributed by atoms with Crippen molar-refractivity contribution < 1.29 is 14.3 Å². The van der Waals surface area contributed by atoms with Crippen molar-refractivity contribution in [3.63, 3.8) is 0 Å². The molecule has 0 saturated carbocycles. The number of carbonyl (C=O) groups is 1. The van der Waals surface area contributed by atoms with E-state index in [2.05, 4.69) is 9.97 Å². The Hall–Kier alpha value is -1.40. The second kappa shape index (κ2) is 5.79. The van der Waals surface area contributed by atoms with Crippen molar-refractivity contribution in [1.82, 2.24) is 9.97 Å². The van der Waals surface area contributed by atoms with Gasteiger partial charge in [0.15, 0.2) is 0 Å². The Kier molecular flexibility index (Phi) is 4.11. The lowest BCUT2D eigenvalue weighted by Crippen LogP contribution is -2.38. The molecule has 0 amide bonds. The molecule has 6 nitrogen and oxygen atoms in total. The lowest BCUT2D eigenvalue weighted by molar-refractivity contribution is -0.154. The Morgan fingerprint density at radius 3 is 3.06 bits per heavy atom. The highest BCUT2D eigenvalue weighted by molar-refractivity contribution is 5.76. The minimum atomic E-state index is -0.640. The number of nitrogens with one attached hydrogen (secondary N) is 1.